The van der Waals surface area contributed by atoms with E-state index >= 15 is 0 Å². The quantitative estimate of drug-likeness (QED) is 0.882. The lowest BCUT2D eigenvalue weighted by molar-refractivity contribution is 0.221. The van der Waals surface area contributed by atoms with Gasteiger partial charge in [-0.1, -0.05) is 30.7 Å². The smallest absolute Gasteiger partial charge is 0.0233 e. The Bertz CT molecular complexity index is 386. The van der Waals surface area contributed by atoms with Gasteiger partial charge >= 0.3 is 0 Å². The first-order valence-electron chi connectivity index (χ1n) is 7.34. The zero-order chi connectivity index (χ0) is 12.4. The number of hydrogen-bond acceptors (Lipinski definition) is 2. The average Bonchev–Trinajstić information content (AvgIpc) is 3.22. The summed E-state index contributed by atoms with van der Waals surface area (Å²) in [5.74, 6) is 0. The predicted molar refractivity (Wildman–Crippen MR) is 75.5 cm³/mol. The third-order valence-corrected chi connectivity index (χ3v) is 4.67. The number of rotatable bonds is 4. The number of piperidine rings is 1. The Hall–Kier alpha value is -0.860. The standard InChI is InChI=1S/C16H24N2/c17-13-16(8-9-16)15-6-4-14(5-7-15)12-18-10-2-1-3-11-18/h4-7H,1-3,8-13,17H2. The molecule has 2 heteroatoms. The van der Waals surface area contributed by atoms with E-state index in [0.717, 1.165) is 13.1 Å². The summed E-state index contributed by atoms with van der Waals surface area (Å²) in [5, 5.41) is 0. The average molecular weight is 244 g/mol. The van der Waals surface area contributed by atoms with Crippen LogP contribution in [-0.4, -0.2) is 24.5 Å². The minimum atomic E-state index is 0.337. The Kier molecular flexibility index (Phi) is 3.40. The van der Waals surface area contributed by atoms with Gasteiger partial charge in [-0.3, -0.25) is 4.90 Å². The van der Waals surface area contributed by atoms with Crippen molar-refractivity contribution in [2.24, 2.45) is 5.73 Å². The lowest BCUT2D eigenvalue weighted by atomic mass is 9.95. The second-order valence-electron chi connectivity index (χ2n) is 6.02. The first-order valence-corrected chi connectivity index (χ1v) is 7.34. The van der Waals surface area contributed by atoms with Gasteiger partial charge in [-0.05, 0) is 49.9 Å². The fraction of sp³-hybridized carbons (Fsp3) is 0.625. The van der Waals surface area contributed by atoms with E-state index in [1.54, 1.807) is 0 Å². The van der Waals surface area contributed by atoms with Gasteiger partial charge in [-0.25, -0.2) is 0 Å². The van der Waals surface area contributed by atoms with E-state index < -0.39 is 0 Å². The van der Waals surface area contributed by atoms with Crippen LogP contribution in [0.25, 0.3) is 0 Å². The SMILES string of the molecule is NCC1(c2ccc(CN3CCCCC3)cc2)CC1. The Morgan fingerprint density at radius 1 is 1.00 bits per heavy atom. The van der Waals surface area contributed by atoms with E-state index in [4.69, 9.17) is 5.73 Å². The van der Waals surface area contributed by atoms with Crippen LogP contribution in [-0.2, 0) is 12.0 Å². The number of nitrogens with two attached hydrogens (primary N) is 1. The third kappa shape index (κ3) is 2.45. The minimum Gasteiger partial charge on any atom is -0.330 e. The second-order valence-corrected chi connectivity index (χ2v) is 6.02. The molecule has 0 spiro atoms. The molecule has 2 fully saturated rings. The van der Waals surface area contributed by atoms with Crippen molar-refractivity contribution in [3.63, 3.8) is 0 Å². The van der Waals surface area contributed by atoms with E-state index in [-0.39, 0.29) is 0 Å². The molecule has 98 valence electrons. The highest BCUT2D eigenvalue weighted by Crippen LogP contribution is 2.47. The van der Waals surface area contributed by atoms with Crippen molar-refractivity contribution in [1.82, 2.24) is 4.90 Å². The first kappa shape index (κ1) is 12.2. The van der Waals surface area contributed by atoms with Gasteiger partial charge in [0.2, 0.25) is 0 Å². The van der Waals surface area contributed by atoms with Gasteiger partial charge in [0.25, 0.3) is 0 Å². The molecule has 1 aromatic rings. The molecule has 1 aromatic carbocycles. The molecule has 0 aromatic heterocycles. The summed E-state index contributed by atoms with van der Waals surface area (Å²) in [6.45, 7) is 4.47. The molecule has 0 radical (unpaired) electrons. The maximum atomic E-state index is 5.88. The van der Waals surface area contributed by atoms with Crippen molar-refractivity contribution in [1.29, 1.82) is 0 Å². The predicted octanol–water partition coefficient (Wildman–Crippen LogP) is 2.66. The van der Waals surface area contributed by atoms with Crippen LogP contribution < -0.4 is 5.73 Å². The topological polar surface area (TPSA) is 29.3 Å². The van der Waals surface area contributed by atoms with Crippen molar-refractivity contribution >= 4 is 0 Å². The molecule has 3 rings (SSSR count). The van der Waals surface area contributed by atoms with Crippen LogP contribution in [0.2, 0.25) is 0 Å². The van der Waals surface area contributed by atoms with Crippen LogP contribution >= 0.6 is 0 Å². The van der Waals surface area contributed by atoms with Crippen LogP contribution in [0.4, 0.5) is 0 Å². The molecule has 2 N–H and O–H groups in total. The van der Waals surface area contributed by atoms with Gasteiger partial charge in [0.05, 0.1) is 0 Å². The van der Waals surface area contributed by atoms with E-state index in [1.165, 1.54) is 56.3 Å². The lowest BCUT2D eigenvalue weighted by Gasteiger charge is -2.26. The second kappa shape index (κ2) is 5.02. The van der Waals surface area contributed by atoms with Crippen LogP contribution in [0.5, 0.6) is 0 Å². The van der Waals surface area contributed by atoms with Crippen molar-refractivity contribution in [3.8, 4) is 0 Å². The van der Waals surface area contributed by atoms with E-state index in [2.05, 4.69) is 29.2 Å². The van der Waals surface area contributed by atoms with Gasteiger partial charge in [0.1, 0.15) is 0 Å². The molecule has 2 nitrogen and oxygen atoms in total. The molecule has 18 heavy (non-hydrogen) atoms. The van der Waals surface area contributed by atoms with E-state index in [0.29, 0.717) is 5.41 Å². The summed E-state index contributed by atoms with van der Waals surface area (Å²) in [6, 6.07) is 9.22. The van der Waals surface area contributed by atoms with Gasteiger partial charge in [-0.15, -0.1) is 0 Å². The zero-order valence-corrected chi connectivity index (χ0v) is 11.2. The van der Waals surface area contributed by atoms with Crippen LogP contribution in [0.1, 0.15) is 43.2 Å². The summed E-state index contributed by atoms with van der Waals surface area (Å²) in [7, 11) is 0. The van der Waals surface area contributed by atoms with Gasteiger partial charge in [-0.2, -0.15) is 0 Å². The molecular formula is C16H24N2. The Morgan fingerprint density at radius 2 is 1.67 bits per heavy atom. The molecule has 1 saturated heterocycles. The molecule has 1 aliphatic carbocycles. The largest absolute Gasteiger partial charge is 0.330 e. The Balaban J connectivity index is 1.64. The van der Waals surface area contributed by atoms with Crippen molar-refractivity contribution in [2.75, 3.05) is 19.6 Å². The molecule has 2 aliphatic rings. The Morgan fingerprint density at radius 3 is 2.22 bits per heavy atom. The van der Waals surface area contributed by atoms with E-state index in [9.17, 15) is 0 Å². The normalized spacial score (nSPS) is 22.9. The summed E-state index contributed by atoms with van der Waals surface area (Å²) >= 11 is 0. The third-order valence-electron chi connectivity index (χ3n) is 4.67. The fourth-order valence-corrected chi connectivity index (χ4v) is 3.10. The minimum absolute atomic E-state index is 0.337. The van der Waals surface area contributed by atoms with Crippen molar-refractivity contribution < 1.29 is 0 Å². The molecule has 0 amide bonds. The molecule has 1 heterocycles. The van der Waals surface area contributed by atoms with Crippen LogP contribution in [0.3, 0.4) is 0 Å². The maximum absolute atomic E-state index is 5.88. The highest BCUT2D eigenvalue weighted by molar-refractivity contribution is 5.34. The fourth-order valence-electron chi connectivity index (χ4n) is 3.10. The highest BCUT2D eigenvalue weighted by atomic mass is 15.1. The zero-order valence-electron chi connectivity index (χ0n) is 11.2. The summed E-state index contributed by atoms with van der Waals surface area (Å²) < 4.78 is 0. The molecule has 1 aliphatic heterocycles. The number of benzene rings is 1. The Labute approximate surface area is 110 Å². The van der Waals surface area contributed by atoms with Crippen LogP contribution in [0.15, 0.2) is 24.3 Å². The number of nitrogens with zero attached hydrogens (tertiary/aromatic N) is 1. The number of hydrogen-bond donors (Lipinski definition) is 1. The number of likely N-dealkylation sites (tertiary alicyclic amines) is 1. The van der Waals surface area contributed by atoms with Gasteiger partial charge < -0.3 is 5.73 Å². The molecule has 0 atom stereocenters. The highest BCUT2D eigenvalue weighted by Gasteiger charge is 2.42. The van der Waals surface area contributed by atoms with Crippen LogP contribution in [0, 0.1) is 0 Å². The van der Waals surface area contributed by atoms with Gasteiger partial charge in [0.15, 0.2) is 0 Å². The molecule has 0 unspecified atom stereocenters. The lowest BCUT2D eigenvalue weighted by Crippen LogP contribution is -2.29. The molecule has 1 saturated carbocycles. The molecular weight excluding hydrogens is 220 g/mol. The van der Waals surface area contributed by atoms with Gasteiger partial charge in [0, 0.05) is 18.5 Å². The molecule has 0 bridgehead atoms. The summed E-state index contributed by atoms with van der Waals surface area (Å²) in [6.07, 6.45) is 6.70. The van der Waals surface area contributed by atoms with Crippen molar-refractivity contribution in [3.05, 3.63) is 35.4 Å². The monoisotopic (exact) mass is 244 g/mol. The summed E-state index contributed by atoms with van der Waals surface area (Å²) in [5.41, 5.74) is 9.12. The summed E-state index contributed by atoms with van der Waals surface area (Å²) in [4.78, 5) is 2.58. The maximum Gasteiger partial charge on any atom is 0.0233 e. The van der Waals surface area contributed by atoms with E-state index in [1.807, 2.05) is 0 Å². The first-order chi connectivity index (χ1) is 8.82. The van der Waals surface area contributed by atoms with Crippen molar-refractivity contribution in [2.45, 2.75) is 44.1 Å².